The number of rotatable bonds is 2. The van der Waals surface area contributed by atoms with Gasteiger partial charge >= 0.3 is 0 Å². The van der Waals surface area contributed by atoms with Crippen LogP contribution in [0.2, 0.25) is 0 Å². The van der Waals surface area contributed by atoms with Gasteiger partial charge in [0.15, 0.2) is 0 Å². The highest BCUT2D eigenvalue weighted by molar-refractivity contribution is 4.77. The van der Waals surface area contributed by atoms with Crippen LogP contribution in [0.25, 0.3) is 0 Å². The van der Waals surface area contributed by atoms with Gasteiger partial charge in [0.05, 0.1) is 13.2 Å². The van der Waals surface area contributed by atoms with Crippen LogP contribution in [0.3, 0.4) is 0 Å². The predicted molar refractivity (Wildman–Crippen MR) is 51.9 cm³/mol. The highest BCUT2D eigenvalue weighted by Crippen LogP contribution is 1.98. The minimum Gasteiger partial charge on any atom is -0.378 e. The fourth-order valence-electron chi connectivity index (χ4n) is 1.94. The minimum absolute atomic E-state index is 0.548. The van der Waals surface area contributed by atoms with Crippen molar-refractivity contribution >= 4 is 0 Å². The standard InChI is InChI=1S/C9H19N3O/c1-4-12(5-2-10-1)7-9-8-13-6-3-11-9/h9-11H,1-8H2. The Balaban J connectivity index is 1.69. The quantitative estimate of drug-likeness (QED) is 0.571. The van der Waals surface area contributed by atoms with Gasteiger partial charge in [0.2, 0.25) is 0 Å². The number of nitrogens with zero attached hydrogens (tertiary/aromatic N) is 1. The van der Waals surface area contributed by atoms with Crippen LogP contribution in [0.4, 0.5) is 0 Å². The van der Waals surface area contributed by atoms with Gasteiger partial charge in [0.1, 0.15) is 0 Å². The van der Waals surface area contributed by atoms with Crippen LogP contribution in [-0.2, 0) is 4.74 Å². The van der Waals surface area contributed by atoms with E-state index in [1.165, 1.54) is 13.1 Å². The lowest BCUT2D eigenvalue weighted by Gasteiger charge is -2.32. The minimum atomic E-state index is 0.548. The summed E-state index contributed by atoms with van der Waals surface area (Å²) in [4.78, 5) is 2.50. The number of ether oxygens (including phenoxy) is 1. The van der Waals surface area contributed by atoms with E-state index in [0.29, 0.717) is 6.04 Å². The highest BCUT2D eigenvalue weighted by Gasteiger charge is 2.17. The van der Waals surface area contributed by atoms with Crippen molar-refractivity contribution < 1.29 is 4.74 Å². The Morgan fingerprint density at radius 1 is 1.23 bits per heavy atom. The van der Waals surface area contributed by atoms with Crippen LogP contribution < -0.4 is 10.6 Å². The summed E-state index contributed by atoms with van der Waals surface area (Å²) in [6.07, 6.45) is 0. The molecule has 0 aromatic rings. The van der Waals surface area contributed by atoms with Gasteiger partial charge < -0.3 is 15.4 Å². The molecule has 4 nitrogen and oxygen atoms in total. The van der Waals surface area contributed by atoms with Crippen LogP contribution in [-0.4, -0.2) is 63.4 Å². The fourth-order valence-corrected chi connectivity index (χ4v) is 1.94. The van der Waals surface area contributed by atoms with Gasteiger partial charge in [0.25, 0.3) is 0 Å². The molecule has 1 atom stereocenters. The van der Waals surface area contributed by atoms with Crippen molar-refractivity contribution in [1.29, 1.82) is 0 Å². The lowest BCUT2D eigenvalue weighted by atomic mass is 10.2. The van der Waals surface area contributed by atoms with E-state index in [9.17, 15) is 0 Å². The molecule has 2 heterocycles. The van der Waals surface area contributed by atoms with Crippen LogP contribution in [0.5, 0.6) is 0 Å². The van der Waals surface area contributed by atoms with E-state index in [1.807, 2.05) is 0 Å². The predicted octanol–water partition coefficient (Wildman–Crippen LogP) is -1.12. The van der Waals surface area contributed by atoms with Gasteiger partial charge in [-0.3, -0.25) is 4.90 Å². The van der Waals surface area contributed by atoms with Gasteiger partial charge in [-0.1, -0.05) is 0 Å². The zero-order valence-electron chi connectivity index (χ0n) is 8.09. The molecule has 13 heavy (non-hydrogen) atoms. The van der Waals surface area contributed by atoms with Crippen LogP contribution in [0, 0.1) is 0 Å². The Bertz CT molecular complexity index is 126. The third-order valence-corrected chi connectivity index (χ3v) is 2.69. The third kappa shape index (κ3) is 2.91. The topological polar surface area (TPSA) is 36.5 Å². The molecule has 2 saturated heterocycles. The molecule has 0 bridgehead atoms. The Hall–Kier alpha value is -0.160. The molecule has 2 aliphatic rings. The van der Waals surface area contributed by atoms with E-state index in [0.717, 1.165) is 39.4 Å². The second-order valence-corrected chi connectivity index (χ2v) is 3.78. The lowest BCUT2D eigenvalue weighted by molar-refractivity contribution is 0.0600. The van der Waals surface area contributed by atoms with Gasteiger partial charge in [-0.05, 0) is 0 Å². The Labute approximate surface area is 79.6 Å². The largest absolute Gasteiger partial charge is 0.378 e. The maximum atomic E-state index is 5.42. The lowest BCUT2D eigenvalue weighted by Crippen LogP contribution is -2.52. The Kier molecular flexibility index (Phi) is 3.55. The second-order valence-electron chi connectivity index (χ2n) is 3.78. The van der Waals surface area contributed by atoms with Crippen molar-refractivity contribution in [3.63, 3.8) is 0 Å². The maximum Gasteiger partial charge on any atom is 0.0632 e. The van der Waals surface area contributed by atoms with E-state index < -0.39 is 0 Å². The molecule has 2 rings (SSSR count). The molecule has 0 aliphatic carbocycles. The first-order chi connectivity index (χ1) is 6.45. The normalized spacial score (nSPS) is 31.8. The molecule has 2 aliphatic heterocycles. The number of hydrogen-bond acceptors (Lipinski definition) is 4. The first-order valence-electron chi connectivity index (χ1n) is 5.19. The molecular weight excluding hydrogens is 166 g/mol. The maximum absolute atomic E-state index is 5.42. The first kappa shape index (κ1) is 9.40. The number of piperazine rings is 1. The van der Waals surface area contributed by atoms with Crippen molar-refractivity contribution in [2.75, 3.05) is 52.5 Å². The van der Waals surface area contributed by atoms with Crippen molar-refractivity contribution in [1.82, 2.24) is 15.5 Å². The number of hydrogen-bond donors (Lipinski definition) is 2. The fraction of sp³-hybridized carbons (Fsp3) is 1.00. The second kappa shape index (κ2) is 4.91. The monoisotopic (exact) mass is 185 g/mol. The van der Waals surface area contributed by atoms with E-state index in [4.69, 9.17) is 4.74 Å². The summed E-state index contributed by atoms with van der Waals surface area (Å²) in [5.41, 5.74) is 0. The van der Waals surface area contributed by atoms with Crippen molar-refractivity contribution in [2.24, 2.45) is 0 Å². The molecule has 0 spiro atoms. The summed E-state index contributed by atoms with van der Waals surface area (Å²) in [5.74, 6) is 0. The molecule has 0 saturated carbocycles. The van der Waals surface area contributed by atoms with Crippen LogP contribution >= 0.6 is 0 Å². The van der Waals surface area contributed by atoms with Gasteiger partial charge in [-0.25, -0.2) is 0 Å². The molecule has 0 aromatic carbocycles. The SMILES string of the molecule is C1CN(CC2COCCN2)CCN1. The molecule has 0 amide bonds. The van der Waals surface area contributed by atoms with E-state index in [2.05, 4.69) is 15.5 Å². The summed E-state index contributed by atoms with van der Waals surface area (Å²) in [6, 6.07) is 0.548. The number of nitrogens with one attached hydrogen (secondary N) is 2. The molecule has 0 radical (unpaired) electrons. The summed E-state index contributed by atoms with van der Waals surface area (Å²) >= 11 is 0. The van der Waals surface area contributed by atoms with Crippen LogP contribution in [0.1, 0.15) is 0 Å². The highest BCUT2D eigenvalue weighted by atomic mass is 16.5. The molecule has 2 fully saturated rings. The third-order valence-electron chi connectivity index (χ3n) is 2.69. The average Bonchev–Trinajstić information content (AvgIpc) is 2.21. The Morgan fingerprint density at radius 3 is 2.77 bits per heavy atom. The Morgan fingerprint density at radius 2 is 2.08 bits per heavy atom. The molecule has 4 heteroatoms. The van der Waals surface area contributed by atoms with Gasteiger partial charge in [-0.2, -0.15) is 0 Å². The van der Waals surface area contributed by atoms with Gasteiger partial charge in [-0.15, -0.1) is 0 Å². The summed E-state index contributed by atoms with van der Waals surface area (Å²) < 4.78 is 5.42. The average molecular weight is 185 g/mol. The summed E-state index contributed by atoms with van der Waals surface area (Å²) in [7, 11) is 0. The first-order valence-corrected chi connectivity index (χ1v) is 5.19. The van der Waals surface area contributed by atoms with Crippen molar-refractivity contribution in [3.8, 4) is 0 Å². The van der Waals surface area contributed by atoms with E-state index in [-0.39, 0.29) is 0 Å². The van der Waals surface area contributed by atoms with Crippen molar-refractivity contribution in [3.05, 3.63) is 0 Å². The zero-order valence-corrected chi connectivity index (χ0v) is 8.09. The van der Waals surface area contributed by atoms with E-state index >= 15 is 0 Å². The van der Waals surface area contributed by atoms with E-state index in [1.54, 1.807) is 0 Å². The molecule has 76 valence electrons. The van der Waals surface area contributed by atoms with Crippen molar-refractivity contribution in [2.45, 2.75) is 6.04 Å². The van der Waals surface area contributed by atoms with Gasteiger partial charge in [0, 0.05) is 45.3 Å². The molecule has 2 N–H and O–H groups in total. The smallest absolute Gasteiger partial charge is 0.0632 e. The zero-order chi connectivity index (χ0) is 8.93. The summed E-state index contributed by atoms with van der Waals surface area (Å²) in [6.45, 7) is 8.53. The molecule has 0 aromatic heterocycles. The summed E-state index contributed by atoms with van der Waals surface area (Å²) in [5, 5.41) is 6.84. The molecule has 1 unspecified atom stereocenters. The van der Waals surface area contributed by atoms with Crippen LogP contribution in [0.15, 0.2) is 0 Å². The molecular formula is C9H19N3O. The number of morpholine rings is 1.